The third-order valence-electron chi connectivity index (χ3n) is 3.47. The van der Waals surface area contributed by atoms with Gasteiger partial charge in [-0.15, -0.1) is 6.42 Å². The van der Waals surface area contributed by atoms with E-state index in [2.05, 4.69) is 29.5 Å². The van der Waals surface area contributed by atoms with Crippen LogP contribution in [0.1, 0.15) is 41.3 Å². The van der Waals surface area contributed by atoms with Gasteiger partial charge in [-0.05, 0) is 36.6 Å². The van der Waals surface area contributed by atoms with Gasteiger partial charge >= 0.3 is 0 Å². The van der Waals surface area contributed by atoms with Crippen LogP contribution >= 0.6 is 0 Å². The van der Waals surface area contributed by atoms with E-state index in [1.165, 1.54) is 5.56 Å². The number of hydrogen-bond donors (Lipinski definition) is 2. The quantitative estimate of drug-likeness (QED) is 0.807. The summed E-state index contributed by atoms with van der Waals surface area (Å²) in [6, 6.07) is 5.73. The van der Waals surface area contributed by atoms with Gasteiger partial charge in [0, 0.05) is 12.1 Å². The van der Waals surface area contributed by atoms with Gasteiger partial charge < -0.3 is 10.6 Å². The average Bonchev–Trinajstić information content (AvgIpc) is 2.46. The van der Waals surface area contributed by atoms with E-state index in [9.17, 15) is 4.79 Å². The van der Waals surface area contributed by atoms with Crippen molar-refractivity contribution >= 4 is 5.91 Å². The molecule has 0 fully saturated rings. The summed E-state index contributed by atoms with van der Waals surface area (Å²) in [6.45, 7) is 3.82. The molecule has 0 radical (unpaired) electrons. The predicted octanol–water partition coefficient (Wildman–Crippen LogP) is 1.86. The van der Waals surface area contributed by atoms with Crippen LogP contribution in [0.3, 0.4) is 0 Å². The van der Waals surface area contributed by atoms with Crippen molar-refractivity contribution in [3.63, 3.8) is 0 Å². The van der Waals surface area contributed by atoms with Crippen LogP contribution in [0.2, 0.25) is 0 Å². The van der Waals surface area contributed by atoms with E-state index in [0.717, 1.165) is 43.5 Å². The molecule has 1 aromatic carbocycles. The summed E-state index contributed by atoms with van der Waals surface area (Å²) < 4.78 is 0. The molecule has 2 N–H and O–H groups in total. The van der Waals surface area contributed by atoms with Crippen LogP contribution in [0.5, 0.6) is 0 Å². The summed E-state index contributed by atoms with van der Waals surface area (Å²) in [5.41, 5.74) is 3.15. The number of terminal acetylenes is 1. The monoisotopic (exact) mass is 256 g/mol. The zero-order chi connectivity index (χ0) is 13.7. The predicted molar refractivity (Wildman–Crippen MR) is 76.8 cm³/mol. The molecule has 0 saturated heterocycles. The summed E-state index contributed by atoms with van der Waals surface area (Å²) in [5.74, 6) is 2.59. The second-order valence-corrected chi connectivity index (χ2v) is 4.85. The number of amides is 1. The minimum absolute atomic E-state index is 0.0462. The number of rotatable bonds is 4. The van der Waals surface area contributed by atoms with Crippen LogP contribution in [-0.4, -0.2) is 18.5 Å². The van der Waals surface area contributed by atoms with Gasteiger partial charge in [-0.2, -0.15) is 0 Å². The summed E-state index contributed by atoms with van der Waals surface area (Å²) in [7, 11) is 0. The maximum atomic E-state index is 12.3. The fraction of sp³-hybridized carbons (Fsp3) is 0.438. The smallest absolute Gasteiger partial charge is 0.252 e. The van der Waals surface area contributed by atoms with Crippen LogP contribution in [0.15, 0.2) is 18.2 Å². The number of fused-ring (bicyclic) bond motifs is 1. The number of benzene rings is 1. The largest absolute Gasteiger partial charge is 0.338 e. The molecule has 1 atom stereocenters. The first-order chi connectivity index (χ1) is 9.26. The van der Waals surface area contributed by atoms with E-state index in [4.69, 9.17) is 6.42 Å². The number of nitrogens with one attached hydrogen (secondary N) is 2. The molecule has 1 unspecified atom stereocenters. The summed E-state index contributed by atoms with van der Waals surface area (Å²) in [5, 5.41) is 6.25. The molecule has 1 aliphatic rings. The lowest BCUT2D eigenvalue weighted by atomic mass is 9.95. The molecule has 3 heteroatoms. The minimum atomic E-state index is -0.171. The molecule has 0 saturated carbocycles. The molecule has 100 valence electrons. The summed E-state index contributed by atoms with van der Waals surface area (Å²) >= 11 is 0. The van der Waals surface area contributed by atoms with Gasteiger partial charge in [-0.25, -0.2) is 0 Å². The van der Waals surface area contributed by atoms with E-state index in [0.29, 0.717) is 0 Å². The van der Waals surface area contributed by atoms with E-state index in [1.54, 1.807) is 0 Å². The fourth-order valence-electron chi connectivity index (χ4n) is 2.47. The average molecular weight is 256 g/mol. The first kappa shape index (κ1) is 13.6. The van der Waals surface area contributed by atoms with Crippen molar-refractivity contribution in [3.8, 4) is 12.3 Å². The molecule has 0 spiro atoms. The molecule has 3 nitrogen and oxygen atoms in total. The Kier molecular flexibility index (Phi) is 4.59. The molecule has 0 bridgehead atoms. The third kappa shape index (κ3) is 3.15. The zero-order valence-corrected chi connectivity index (χ0v) is 11.3. The molecule has 0 aliphatic carbocycles. The Morgan fingerprint density at radius 1 is 1.58 bits per heavy atom. The van der Waals surface area contributed by atoms with Gasteiger partial charge in [0.1, 0.15) is 0 Å². The molecular formula is C16H20N2O. The molecule has 19 heavy (non-hydrogen) atoms. The van der Waals surface area contributed by atoms with Crippen molar-refractivity contribution in [2.75, 3.05) is 6.54 Å². The van der Waals surface area contributed by atoms with Crippen molar-refractivity contribution in [1.82, 2.24) is 10.6 Å². The second-order valence-electron chi connectivity index (χ2n) is 4.85. The number of carbonyl (C=O) groups is 1. The van der Waals surface area contributed by atoms with Crippen molar-refractivity contribution in [1.29, 1.82) is 0 Å². The lowest BCUT2D eigenvalue weighted by Gasteiger charge is -2.21. The number of carbonyl (C=O) groups excluding carboxylic acids is 1. The Hall–Kier alpha value is -1.79. The SMILES string of the molecule is C#CC(CCC)NC(=O)c1cccc2c1CCNC2. The molecule has 2 rings (SSSR count). The highest BCUT2D eigenvalue weighted by Crippen LogP contribution is 2.18. The Bertz CT molecular complexity index is 502. The van der Waals surface area contributed by atoms with Gasteiger partial charge in [-0.3, -0.25) is 4.79 Å². The Morgan fingerprint density at radius 2 is 2.42 bits per heavy atom. The first-order valence-electron chi connectivity index (χ1n) is 6.84. The van der Waals surface area contributed by atoms with E-state index in [1.807, 2.05) is 12.1 Å². The third-order valence-corrected chi connectivity index (χ3v) is 3.47. The van der Waals surface area contributed by atoms with Crippen LogP contribution in [-0.2, 0) is 13.0 Å². The summed E-state index contributed by atoms with van der Waals surface area (Å²) in [4.78, 5) is 12.3. The van der Waals surface area contributed by atoms with Gasteiger partial charge in [0.05, 0.1) is 6.04 Å². The normalized spacial score (nSPS) is 15.2. The highest BCUT2D eigenvalue weighted by Gasteiger charge is 2.18. The Morgan fingerprint density at radius 3 is 3.16 bits per heavy atom. The highest BCUT2D eigenvalue weighted by atomic mass is 16.1. The topological polar surface area (TPSA) is 41.1 Å². The van der Waals surface area contributed by atoms with Crippen LogP contribution in [0.25, 0.3) is 0 Å². The number of hydrogen-bond acceptors (Lipinski definition) is 2. The van der Waals surface area contributed by atoms with Crippen molar-refractivity contribution in [2.24, 2.45) is 0 Å². The lowest BCUT2D eigenvalue weighted by Crippen LogP contribution is -2.35. The van der Waals surface area contributed by atoms with Gasteiger partial charge in [-0.1, -0.05) is 31.4 Å². The van der Waals surface area contributed by atoms with E-state index in [-0.39, 0.29) is 11.9 Å². The zero-order valence-electron chi connectivity index (χ0n) is 11.3. The van der Waals surface area contributed by atoms with Crippen LogP contribution in [0.4, 0.5) is 0 Å². The molecule has 1 aliphatic heterocycles. The lowest BCUT2D eigenvalue weighted by molar-refractivity contribution is 0.0943. The molecule has 0 aromatic heterocycles. The minimum Gasteiger partial charge on any atom is -0.338 e. The van der Waals surface area contributed by atoms with Crippen molar-refractivity contribution < 1.29 is 4.79 Å². The molecule has 1 aromatic rings. The highest BCUT2D eigenvalue weighted by molar-refractivity contribution is 5.96. The maximum absolute atomic E-state index is 12.3. The molecule has 1 amide bonds. The van der Waals surface area contributed by atoms with Crippen molar-refractivity contribution in [2.45, 2.75) is 38.8 Å². The van der Waals surface area contributed by atoms with Gasteiger partial charge in [0.2, 0.25) is 0 Å². The van der Waals surface area contributed by atoms with Crippen LogP contribution < -0.4 is 10.6 Å². The Labute approximate surface area is 114 Å². The Balaban J connectivity index is 2.18. The molecule has 1 heterocycles. The first-order valence-corrected chi connectivity index (χ1v) is 6.84. The second kappa shape index (κ2) is 6.40. The molecular weight excluding hydrogens is 236 g/mol. The van der Waals surface area contributed by atoms with Crippen LogP contribution in [0, 0.1) is 12.3 Å². The summed E-state index contributed by atoms with van der Waals surface area (Å²) in [6.07, 6.45) is 8.13. The standard InChI is InChI=1S/C16H20N2O/c1-3-6-13(4-2)18-16(19)15-8-5-7-12-11-17-10-9-14(12)15/h2,5,7-8,13,17H,3,6,9-11H2,1H3,(H,18,19). The maximum Gasteiger partial charge on any atom is 0.252 e. The van der Waals surface area contributed by atoms with E-state index >= 15 is 0 Å². The van der Waals surface area contributed by atoms with Gasteiger partial charge in [0.25, 0.3) is 5.91 Å². The van der Waals surface area contributed by atoms with Crippen molar-refractivity contribution in [3.05, 3.63) is 34.9 Å². The van der Waals surface area contributed by atoms with E-state index < -0.39 is 0 Å². The van der Waals surface area contributed by atoms with Gasteiger partial charge in [0.15, 0.2) is 0 Å². The fourth-order valence-corrected chi connectivity index (χ4v) is 2.47.